The Balaban J connectivity index is 2.53. The lowest BCUT2D eigenvalue weighted by Gasteiger charge is -2.38. The number of hydrogen-bond donors (Lipinski definition) is 2. The maximum Gasteiger partial charge on any atom is 0.321 e. The number of morpholine rings is 1. The highest BCUT2D eigenvalue weighted by atomic mass is 16.5. The molecular formula is C11H21N3O3. The van der Waals surface area contributed by atoms with E-state index < -0.39 is 6.03 Å². The third-order valence-corrected chi connectivity index (χ3v) is 2.84. The largest absolute Gasteiger partial charge is 0.373 e. The molecule has 6 heteroatoms. The summed E-state index contributed by atoms with van der Waals surface area (Å²) >= 11 is 0. The Bertz CT molecular complexity index is 286. The Labute approximate surface area is 102 Å². The quantitative estimate of drug-likeness (QED) is 0.713. The van der Waals surface area contributed by atoms with Gasteiger partial charge in [0.05, 0.1) is 18.2 Å². The Morgan fingerprint density at radius 1 is 1.29 bits per heavy atom. The van der Waals surface area contributed by atoms with Crippen LogP contribution in [0.1, 0.15) is 20.8 Å². The topological polar surface area (TPSA) is 70.7 Å². The molecule has 1 heterocycles. The average Bonchev–Trinajstić information content (AvgIpc) is 2.26. The molecule has 1 fully saturated rings. The second kappa shape index (κ2) is 5.97. The van der Waals surface area contributed by atoms with Crippen LogP contribution in [0.3, 0.4) is 0 Å². The predicted octanol–water partition coefficient (Wildman–Crippen LogP) is -0.0603. The highest BCUT2D eigenvalue weighted by Gasteiger charge is 2.29. The first-order valence-electron chi connectivity index (χ1n) is 5.86. The maximum absolute atomic E-state index is 11.8. The van der Waals surface area contributed by atoms with E-state index in [0.717, 1.165) is 0 Å². The number of urea groups is 1. The summed E-state index contributed by atoms with van der Waals surface area (Å²) in [5, 5.41) is 4.64. The first-order chi connectivity index (χ1) is 7.93. The van der Waals surface area contributed by atoms with E-state index in [4.69, 9.17) is 4.74 Å². The molecule has 98 valence electrons. The van der Waals surface area contributed by atoms with E-state index in [9.17, 15) is 9.59 Å². The van der Waals surface area contributed by atoms with Crippen molar-refractivity contribution >= 4 is 11.9 Å². The fraction of sp³-hybridized carbons (Fsp3) is 0.818. The van der Waals surface area contributed by atoms with Gasteiger partial charge >= 0.3 is 6.03 Å². The van der Waals surface area contributed by atoms with Crippen LogP contribution in [0.5, 0.6) is 0 Å². The highest BCUT2D eigenvalue weighted by molar-refractivity contribution is 5.96. The molecular weight excluding hydrogens is 222 g/mol. The van der Waals surface area contributed by atoms with Crippen molar-refractivity contribution in [1.29, 1.82) is 0 Å². The summed E-state index contributed by atoms with van der Waals surface area (Å²) in [6, 6.07) is -0.808. The van der Waals surface area contributed by atoms with Crippen molar-refractivity contribution in [3.8, 4) is 0 Å². The van der Waals surface area contributed by atoms with Gasteiger partial charge in [0.25, 0.3) is 0 Å². The second-order valence-corrected chi connectivity index (χ2v) is 4.46. The van der Waals surface area contributed by atoms with Crippen LogP contribution in [0.25, 0.3) is 0 Å². The van der Waals surface area contributed by atoms with Gasteiger partial charge in [-0.05, 0) is 20.8 Å². The highest BCUT2D eigenvalue weighted by Crippen LogP contribution is 2.13. The van der Waals surface area contributed by atoms with E-state index in [-0.39, 0.29) is 24.2 Å². The number of hydrogen-bond acceptors (Lipinski definition) is 4. The van der Waals surface area contributed by atoms with E-state index in [1.165, 1.54) is 7.05 Å². The lowest BCUT2D eigenvalue weighted by molar-refractivity contribution is -0.130. The first-order valence-corrected chi connectivity index (χ1v) is 5.86. The van der Waals surface area contributed by atoms with Gasteiger partial charge in [-0.25, -0.2) is 4.79 Å². The molecule has 0 spiro atoms. The average molecular weight is 243 g/mol. The molecule has 1 rings (SSSR count). The second-order valence-electron chi connectivity index (χ2n) is 4.46. The Morgan fingerprint density at radius 3 is 2.29 bits per heavy atom. The van der Waals surface area contributed by atoms with E-state index in [1.54, 1.807) is 6.92 Å². The number of imide groups is 1. The van der Waals surface area contributed by atoms with Crippen LogP contribution in [0.2, 0.25) is 0 Å². The van der Waals surface area contributed by atoms with Crippen LogP contribution in [-0.2, 0) is 9.53 Å². The minimum absolute atomic E-state index is 0.106. The lowest BCUT2D eigenvalue weighted by atomic mass is 10.1. The fourth-order valence-electron chi connectivity index (χ4n) is 1.98. The van der Waals surface area contributed by atoms with Crippen LogP contribution in [0.4, 0.5) is 4.79 Å². The maximum atomic E-state index is 11.8. The van der Waals surface area contributed by atoms with Crippen molar-refractivity contribution in [3.05, 3.63) is 0 Å². The normalized spacial score (nSPS) is 27.3. The van der Waals surface area contributed by atoms with E-state index >= 15 is 0 Å². The molecule has 0 aromatic carbocycles. The summed E-state index contributed by atoms with van der Waals surface area (Å²) in [7, 11) is 1.48. The SMILES string of the molecule is CNC(=O)NC(=O)[C@H](C)N1C[C@@H](C)O[C@H](C)C1. The molecule has 0 aromatic rings. The van der Waals surface area contributed by atoms with Gasteiger partial charge in [0.2, 0.25) is 5.91 Å². The molecule has 3 amide bonds. The smallest absolute Gasteiger partial charge is 0.321 e. The zero-order valence-electron chi connectivity index (χ0n) is 10.8. The Hall–Kier alpha value is -1.14. The van der Waals surface area contributed by atoms with Crippen LogP contribution < -0.4 is 10.6 Å². The van der Waals surface area contributed by atoms with Crippen molar-refractivity contribution in [2.45, 2.75) is 39.0 Å². The summed E-state index contributed by atoms with van der Waals surface area (Å²) < 4.78 is 5.60. The van der Waals surface area contributed by atoms with Gasteiger partial charge in [-0.2, -0.15) is 0 Å². The van der Waals surface area contributed by atoms with Gasteiger partial charge in [-0.15, -0.1) is 0 Å². The number of carbonyl (C=O) groups is 2. The van der Waals surface area contributed by atoms with E-state index in [2.05, 4.69) is 10.6 Å². The molecule has 6 nitrogen and oxygen atoms in total. The van der Waals surface area contributed by atoms with Crippen LogP contribution in [0.15, 0.2) is 0 Å². The minimum Gasteiger partial charge on any atom is -0.373 e. The Kier molecular flexibility index (Phi) is 4.89. The molecule has 17 heavy (non-hydrogen) atoms. The number of carbonyl (C=O) groups excluding carboxylic acids is 2. The van der Waals surface area contributed by atoms with E-state index in [0.29, 0.717) is 13.1 Å². The number of nitrogens with zero attached hydrogens (tertiary/aromatic N) is 1. The third-order valence-electron chi connectivity index (χ3n) is 2.84. The summed E-state index contributed by atoms with van der Waals surface area (Å²) in [4.78, 5) is 24.8. The minimum atomic E-state index is -0.476. The molecule has 0 unspecified atom stereocenters. The van der Waals surface area contributed by atoms with E-state index in [1.807, 2.05) is 18.7 Å². The summed E-state index contributed by atoms with van der Waals surface area (Å²) in [6.07, 6.45) is 0.211. The van der Waals surface area contributed by atoms with Gasteiger partial charge in [0, 0.05) is 20.1 Å². The Morgan fingerprint density at radius 2 is 1.82 bits per heavy atom. The molecule has 1 aliphatic rings. The molecule has 0 saturated carbocycles. The number of amides is 3. The molecule has 3 atom stereocenters. The van der Waals surface area contributed by atoms with Gasteiger partial charge in [0.1, 0.15) is 0 Å². The standard InChI is InChI=1S/C11H21N3O3/c1-7-5-14(6-8(2)17-7)9(3)10(15)13-11(16)12-4/h7-9H,5-6H2,1-4H3,(H2,12,13,15,16)/t7-,8-,9+/m1/s1. The van der Waals surface area contributed by atoms with Crippen molar-refractivity contribution in [1.82, 2.24) is 15.5 Å². The van der Waals surface area contributed by atoms with Crippen molar-refractivity contribution in [2.24, 2.45) is 0 Å². The molecule has 0 aromatic heterocycles. The fourth-order valence-corrected chi connectivity index (χ4v) is 1.98. The van der Waals surface area contributed by atoms with Gasteiger partial charge in [0.15, 0.2) is 0 Å². The third kappa shape index (κ3) is 3.98. The zero-order chi connectivity index (χ0) is 13.0. The van der Waals surface area contributed by atoms with Gasteiger partial charge in [-0.1, -0.05) is 0 Å². The molecule has 0 aliphatic carbocycles. The summed E-state index contributed by atoms with van der Waals surface area (Å²) in [5.41, 5.74) is 0. The molecule has 1 saturated heterocycles. The molecule has 0 bridgehead atoms. The number of rotatable bonds is 2. The van der Waals surface area contributed by atoms with Crippen molar-refractivity contribution < 1.29 is 14.3 Å². The number of nitrogens with one attached hydrogen (secondary N) is 2. The van der Waals surface area contributed by atoms with Crippen molar-refractivity contribution in [2.75, 3.05) is 20.1 Å². The van der Waals surface area contributed by atoms with Crippen LogP contribution in [-0.4, -0.2) is 55.2 Å². The first kappa shape index (κ1) is 13.9. The summed E-state index contributed by atoms with van der Waals surface area (Å²) in [6.45, 7) is 7.15. The lowest BCUT2D eigenvalue weighted by Crippen LogP contribution is -2.55. The zero-order valence-corrected chi connectivity index (χ0v) is 10.8. The molecule has 1 aliphatic heterocycles. The molecule has 0 radical (unpaired) electrons. The number of ether oxygens (including phenoxy) is 1. The van der Waals surface area contributed by atoms with Crippen LogP contribution >= 0.6 is 0 Å². The summed E-state index contributed by atoms with van der Waals surface area (Å²) in [5.74, 6) is -0.286. The van der Waals surface area contributed by atoms with Crippen LogP contribution in [0, 0.1) is 0 Å². The van der Waals surface area contributed by atoms with Gasteiger partial charge < -0.3 is 10.1 Å². The molecule has 2 N–H and O–H groups in total. The predicted molar refractivity (Wildman–Crippen MR) is 63.6 cm³/mol. The monoisotopic (exact) mass is 243 g/mol. The van der Waals surface area contributed by atoms with Gasteiger partial charge in [-0.3, -0.25) is 15.0 Å². The van der Waals surface area contributed by atoms with Crippen molar-refractivity contribution in [3.63, 3.8) is 0 Å².